The van der Waals surface area contributed by atoms with Crippen molar-refractivity contribution < 1.29 is 9.53 Å². The number of rotatable bonds is 6. The van der Waals surface area contributed by atoms with Gasteiger partial charge in [-0.1, -0.05) is 24.3 Å². The molecule has 0 aliphatic carbocycles. The summed E-state index contributed by atoms with van der Waals surface area (Å²) in [4.78, 5) is 20.1. The highest BCUT2D eigenvalue weighted by molar-refractivity contribution is 5.84. The van der Waals surface area contributed by atoms with Gasteiger partial charge in [-0.3, -0.25) is 14.7 Å². The van der Waals surface area contributed by atoms with Crippen LogP contribution in [0, 0.1) is 5.92 Å². The number of piperidine rings is 1. The van der Waals surface area contributed by atoms with Crippen molar-refractivity contribution in [3.8, 4) is 0 Å². The summed E-state index contributed by atoms with van der Waals surface area (Å²) >= 11 is 0. The number of ether oxygens (including phenoxy) is 1. The molecule has 1 aromatic carbocycles. The van der Waals surface area contributed by atoms with E-state index < -0.39 is 0 Å². The lowest BCUT2D eigenvalue weighted by molar-refractivity contribution is -0.131. The third-order valence-electron chi connectivity index (χ3n) is 6.91. The third kappa shape index (κ3) is 4.43. The zero-order chi connectivity index (χ0) is 21.9. The summed E-state index contributed by atoms with van der Waals surface area (Å²) in [6.07, 6.45) is 7.71. The molecule has 2 saturated heterocycles. The van der Waals surface area contributed by atoms with Crippen molar-refractivity contribution in [3.05, 3.63) is 66.1 Å². The van der Waals surface area contributed by atoms with Crippen molar-refractivity contribution in [2.45, 2.75) is 44.4 Å². The van der Waals surface area contributed by atoms with Crippen molar-refractivity contribution in [3.63, 3.8) is 0 Å². The number of likely N-dealkylation sites (tertiary alicyclic amines) is 1. The van der Waals surface area contributed by atoms with Crippen LogP contribution in [0.5, 0.6) is 0 Å². The molecule has 32 heavy (non-hydrogen) atoms. The Hall–Kier alpha value is -2.70. The van der Waals surface area contributed by atoms with Gasteiger partial charge in [-0.2, -0.15) is 0 Å². The lowest BCUT2D eigenvalue weighted by atomic mass is 9.88. The largest absolute Gasteiger partial charge is 0.368 e. The summed E-state index contributed by atoms with van der Waals surface area (Å²) in [7, 11) is 2.11. The van der Waals surface area contributed by atoms with E-state index in [-0.39, 0.29) is 18.1 Å². The van der Waals surface area contributed by atoms with Gasteiger partial charge in [0.15, 0.2) is 0 Å². The highest BCUT2D eigenvalue weighted by Crippen LogP contribution is 2.31. The van der Waals surface area contributed by atoms with E-state index in [1.807, 2.05) is 24.4 Å². The normalized spacial score (nSPS) is 22.8. The van der Waals surface area contributed by atoms with Gasteiger partial charge < -0.3 is 14.6 Å². The third-order valence-corrected chi connectivity index (χ3v) is 6.91. The monoisotopic (exact) mass is 432 g/mol. The Balaban J connectivity index is 1.34. The van der Waals surface area contributed by atoms with E-state index >= 15 is 0 Å². The topological polar surface area (TPSA) is 59.4 Å². The van der Waals surface area contributed by atoms with E-state index in [1.165, 1.54) is 16.5 Å². The zero-order valence-corrected chi connectivity index (χ0v) is 18.7. The first kappa shape index (κ1) is 21.2. The lowest BCUT2D eigenvalue weighted by Gasteiger charge is -2.37. The predicted molar refractivity (Wildman–Crippen MR) is 125 cm³/mol. The summed E-state index contributed by atoms with van der Waals surface area (Å²) in [6.45, 7) is 3.62. The van der Waals surface area contributed by atoms with Gasteiger partial charge in [0.2, 0.25) is 5.91 Å². The van der Waals surface area contributed by atoms with E-state index in [0.717, 1.165) is 51.0 Å². The minimum atomic E-state index is -0.323. The number of hydrogen-bond acceptors (Lipinski definition) is 4. The number of nitrogens with one attached hydrogen (secondary N) is 1. The second-order valence-electron chi connectivity index (χ2n) is 9.16. The van der Waals surface area contributed by atoms with Crippen LogP contribution >= 0.6 is 0 Å². The number of benzene rings is 1. The molecule has 2 aromatic heterocycles. The minimum absolute atomic E-state index is 0.00401. The van der Waals surface area contributed by atoms with Crippen LogP contribution in [-0.4, -0.2) is 46.2 Å². The highest BCUT2D eigenvalue weighted by Gasteiger charge is 2.33. The molecule has 0 radical (unpaired) electrons. The molecule has 6 heteroatoms. The van der Waals surface area contributed by atoms with Crippen LogP contribution in [0.1, 0.15) is 43.0 Å². The summed E-state index contributed by atoms with van der Waals surface area (Å²) in [6, 6.07) is 14.5. The van der Waals surface area contributed by atoms with Crippen molar-refractivity contribution in [2.75, 3.05) is 19.7 Å². The van der Waals surface area contributed by atoms with Crippen LogP contribution in [-0.2, 0) is 23.1 Å². The first-order valence-electron chi connectivity index (χ1n) is 11.8. The molecule has 0 spiro atoms. The smallest absolute Gasteiger partial charge is 0.249 e. The van der Waals surface area contributed by atoms with E-state index in [9.17, 15) is 4.79 Å². The van der Waals surface area contributed by atoms with Crippen LogP contribution in [0.15, 0.2) is 54.9 Å². The first-order chi connectivity index (χ1) is 15.7. The van der Waals surface area contributed by atoms with Gasteiger partial charge in [-0.15, -0.1) is 0 Å². The van der Waals surface area contributed by atoms with Gasteiger partial charge in [-0.25, -0.2) is 0 Å². The lowest BCUT2D eigenvalue weighted by Crippen LogP contribution is -2.45. The molecule has 3 aromatic rings. The van der Waals surface area contributed by atoms with Crippen molar-refractivity contribution >= 4 is 16.8 Å². The molecular formula is C26H32N4O2. The molecular weight excluding hydrogens is 400 g/mol. The van der Waals surface area contributed by atoms with Crippen LogP contribution < -0.4 is 5.32 Å². The Morgan fingerprint density at radius 2 is 2.06 bits per heavy atom. The molecule has 2 aliphatic heterocycles. The summed E-state index contributed by atoms with van der Waals surface area (Å²) in [5.41, 5.74) is 3.57. The quantitative estimate of drug-likeness (QED) is 0.643. The number of pyridine rings is 1. The van der Waals surface area contributed by atoms with Crippen molar-refractivity contribution in [1.82, 2.24) is 19.8 Å². The van der Waals surface area contributed by atoms with Gasteiger partial charge in [-0.05, 0) is 61.9 Å². The van der Waals surface area contributed by atoms with E-state index in [2.05, 4.69) is 57.3 Å². The van der Waals surface area contributed by atoms with Crippen LogP contribution in [0.4, 0.5) is 0 Å². The standard InChI is InChI=1S/C26H32N4O2/c1-29-16-20(21-9-2-3-11-23(21)29)18-30-14-6-8-19(17-30)25(22-10-4-5-13-27-22)28-26(31)24-12-7-15-32-24/h2-5,9-11,13,16,19,24-25H,6-8,12,14-15,17-18H2,1H3,(H,28,31)/t19-,24+,25-/m0/s1. The number of aromatic nitrogens is 2. The predicted octanol–water partition coefficient (Wildman–Crippen LogP) is 3.82. The van der Waals surface area contributed by atoms with Crippen molar-refractivity contribution in [1.29, 1.82) is 0 Å². The molecule has 3 atom stereocenters. The van der Waals surface area contributed by atoms with E-state index in [4.69, 9.17) is 4.74 Å². The second-order valence-corrected chi connectivity index (χ2v) is 9.16. The number of para-hydroxylation sites is 1. The van der Waals surface area contributed by atoms with E-state index in [1.54, 1.807) is 0 Å². The second kappa shape index (κ2) is 9.43. The summed E-state index contributed by atoms with van der Waals surface area (Å²) in [5.74, 6) is 0.323. The molecule has 1 N–H and O–H groups in total. The van der Waals surface area contributed by atoms with Gasteiger partial charge in [0.25, 0.3) is 0 Å². The fraction of sp³-hybridized carbons (Fsp3) is 0.462. The Morgan fingerprint density at radius 3 is 2.88 bits per heavy atom. The SMILES string of the molecule is Cn1cc(CN2CCC[C@H]([C@H](NC(=O)[C@H]3CCCO3)c3ccccn3)C2)c2ccccc21. The number of fused-ring (bicyclic) bond motifs is 1. The maximum atomic E-state index is 12.9. The number of carbonyl (C=O) groups is 1. The Morgan fingerprint density at radius 1 is 1.19 bits per heavy atom. The maximum Gasteiger partial charge on any atom is 0.249 e. The number of hydrogen-bond donors (Lipinski definition) is 1. The number of aryl methyl sites for hydroxylation is 1. The van der Waals surface area contributed by atoms with Crippen LogP contribution in [0.25, 0.3) is 10.9 Å². The molecule has 2 fully saturated rings. The minimum Gasteiger partial charge on any atom is -0.368 e. The molecule has 5 rings (SSSR count). The number of nitrogens with zero attached hydrogens (tertiary/aromatic N) is 3. The molecule has 168 valence electrons. The van der Waals surface area contributed by atoms with Crippen molar-refractivity contribution in [2.24, 2.45) is 13.0 Å². The van der Waals surface area contributed by atoms with Gasteiger partial charge in [0.1, 0.15) is 6.10 Å². The zero-order valence-electron chi connectivity index (χ0n) is 18.7. The number of carbonyl (C=O) groups excluding carboxylic acids is 1. The van der Waals surface area contributed by atoms with Crippen LogP contribution in [0.2, 0.25) is 0 Å². The molecule has 0 unspecified atom stereocenters. The molecule has 4 heterocycles. The van der Waals surface area contributed by atoms with Crippen LogP contribution in [0.3, 0.4) is 0 Å². The Kier molecular flexibility index (Phi) is 6.23. The average Bonchev–Trinajstić information content (AvgIpc) is 3.47. The summed E-state index contributed by atoms with van der Waals surface area (Å²) < 4.78 is 7.85. The van der Waals surface area contributed by atoms with E-state index in [0.29, 0.717) is 12.5 Å². The molecule has 6 nitrogen and oxygen atoms in total. The highest BCUT2D eigenvalue weighted by atomic mass is 16.5. The molecule has 1 amide bonds. The van der Waals surface area contributed by atoms with Gasteiger partial charge in [0, 0.05) is 50.0 Å². The average molecular weight is 433 g/mol. The van der Waals surface area contributed by atoms with Gasteiger partial charge in [0.05, 0.1) is 11.7 Å². The Labute approximate surface area is 189 Å². The fourth-order valence-corrected chi connectivity index (χ4v) is 5.32. The molecule has 2 aliphatic rings. The first-order valence-corrected chi connectivity index (χ1v) is 11.8. The van der Waals surface area contributed by atoms with Gasteiger partial charge >= 0.3 is 0 Å². The summed E-state index contributed by atoms with van der Waals surface area (Å²) in [5, 5.41) is 4.63. The number of amides is 1. The Bertz CT molecular complexity index is 1060. The maximum absolute atomic E-state index is 12.9. The molecule has 0 saturated carbocycles. The molecule has 0 bridgehead atoms. The fourth-order valence-electron chi connectivity index (χ4n) is 5.32.